The number of methoxy groups -OCH3 is 1. The number of phenolic OH excluding ortho intramolecular Hbond substituents is 2. The van der Waals surface area contributed by atoms with Crippen LogP contribution in [0.25, 0.3) is 65.6 Å². The van der Waals surface area contributed by atoms with E-state index < -0.39 is 35.3 Å². The molecule has 0 bridgehead atoms. The van der Waals surface area contributed by atoms with Crippen molar-refractivity contribution in [2.75, 3.05) is 89.6 Å². The number of aliphatic hydroxyl groups is 2. The fraction of sp³-hybridized carbons (Fsp3) is 0.433. The fourth-order valence-corrected chi connectivity index (χ4v) is 14.3. The smallest absolute Gasteiger partial charge is 0.319 e. The number of fused-ring (bicyclic) bond motifs is 6. The quantitative estimate of drug-likeness (QED) is 0.0835. The van der Waals surface area contributed by atoms with Crippen LogP contribution in [0.4, 0.5) is 29.2 Å². The van der Waals surface area contributed by atoms with Gasteiger partial charge in [0.1, 0.15) is 51.8 Å². The number of ether oxygens (including phenoxy) is 3. The summed E-state index contributed by atoms with van der Waals surface area (Å²) in [6.07, 6.45) is 15.2. The number of hydrogen-bond donors (Lipinski definition) is 4. The van der Waals surface area contributed by atoms with Gasteiger partial charge in [-0.1, -0.05) is 54.8 Å². The first-order valence-corrected chi connectivity index (χ1v) is 29.9. The van der Waals surface area contributed by atoms with Gasteiger partial charge in [-0.15, -0.1) is 6.42 Å². The molecule has 1 saturated carbocycles. The maximum absolute atomic E-state index is 16.6. The number of benzene rings is 6. The minimum atomic E-state index is -1.14. The Morgan fingerprint density at radius 2 is 1.41 bits per heavy atom. The topological polar surface area (TPSA) is 173 Å². The van der Waals surface area contributed by atoms with Gasteiger partial charge in [-0.3, -0.25) is 4.90 Å². The summed E-state index contributed by atoms with van der Waals surface area (Å²) in [7, 11) is 3.58. The van der Waals surface area contributed by atoms with Gasteiger partial charge in [0.25, 0.3) is 0 Å². The van der Waals surface area contributed by atoms with Gasteiger partial charge in [-0.25, -0.2) is 17.6 Å². The van der Waals surface area contributed by atoms with E-state index in [0.29, 0.717) is 89.2 Å². The minimum Gasteiger partial charge on any atom is -0.508 e. The number of anilines is 2. The van der Waals surface area contributed by atoms with Crippen molar-refractivity contribution in [2.24, 2.45) is 5.41 Å². The van der Waals surface area contributed by atoms with Crippen molar-refractivity contribution in [2.45, 2.75) is 101 Å². The number of likely N-dealkylation sites (tertiary alicyclic amines) is 1. The third kappa shape index (κ3) is 11.6. The van der Waals surface area contributed by atoms with E-state index in [9.17, 15) is 29.2 Å². The summed E-state index contributed by atoms with van der Waals surface area (Å²) in [6.45, 7) is 7.40. The molecular formula is C67H72F4N8O7. The Morgan fingerprint density at radius 3 is 2.15 bits per heavy atom. The number of β-amino-alcohol motifs (C(OH)–C–C–N with tert-alkyl or cyclic N) is 2. The standard InChI is InChI=1S/C33H37FN4O3.C27H23F2N3O4.C7H12FN/c1-37-15-6-14-33(13-4-10-28(33)37)20-41-32-35-30-26(31(36-32)38-16-5-8-22(39)19-38)12-11-25(29(30)34)27-18-23(40)17-21-7-2-3-9-24(21)27;1-4-17-21(28)8-5-15-11-16(33)12-20(22(15)17)18-6-7-19-24(23(18)29)30-26(35-3)31-25(19)32-9-10-36-14-27(2,34)13-32;8-6-4-7-2-1-3-9(7)5-6/h2-3,7,9,11-12,17-18,22,28,39-40H,4-6,8,10,13-16,19-20H2,1H3;1,5-8,11-12,33-34H,9-10,13-14H2,2-3H3;6-7H,1-5H2. The zero-order valence-electron chi connectivity index (χ0n) is 48.7. The number of hydrogen-bond acceptors (Lipinski definition) is 15. The minimum absolute atomic E-state index is 0.0326. The normalized spacial score (nSPS) is 24.2. The molecule has 7 heterocycles. The van der Waals surface area contributed by atoms with Crippen LogP contribution in [-0.4, -0.2) is 160 Å². The van der Waals surface area contributed by atoms with Crippen molar-refractivity contribution in [1.29, 1.82) is 0 Å². The maximum atomic E-state index is 16.6. The molecule has 6 unspecified atom stereocenters. The monoisotopic (exact) mass is 1180 g/mol. The Kier molecular flexibility index (Phi) is 16.6. The molecule has 86 heavy (non-hydrogen) atoms. The number of aromatic hydroxyl groups is 2. The molecule has 19 heteroatoms. The molecule has 6 aromatic carbocycles. The first-order chi connectivity index (χ1) is 41.5. The number of alkyl halides is 1. The third-order valence-electron chi connectivity index (χ3n) is 18.3. The van der Waals surface area contributed by atoms with Gasteiger partial charge >= 0.3 is 12.0 Å². The summed E-state index contributed by atoms with van der Waals surface area (Å²) < 4.78 is 77.1. The largest absolute Gasteiger partial charge is 0.508 e. The number of rotatable bonds is 8. The Bertz CT molecular complexity index is 3890. The van der Waals surface area contributed by atoms with Crippen molar-refractivity contribution in [3.63, 3.8) is 0 Å². The maximum Gasteiger partial charge on any atom is 0.319 e. The molecule has 0 amide bonds. The van der Waals surface area contributed by atoms with Gasteiger partial charge in [-0.2, -0.15) is 19.9 Å². The molecule has 5 aliphatic heterocycles. The van der Waals surface area contributed by atoms with Crippen LogP contribution >= 0.6 is 0 Å². The van der Waals surface area contributed by atoms with Gasteiger partial charge in [0, 0.05) is 71.0 Å². The molecule has 6 aliphatic rings. The molecular weight excluding hydrogens is 1100 g/mol. The van der Waals surface area contributed by atoms with E-state index in [1.807, 2.05) is 35.2 Å². The lowest BCUT2D eigenvalue weighted by Gasteiger charge is -2.44. The second-order valence-corrected chi connectivity index (χ2v) is 24.4. The van der Waals surface area contributed by atoms with Crippen molar-refractivity contribution in [3.05, 3.63) is 108 Å². The van der Waals surface area contributed by atoms with E-state index in [0.717, 1.165) is 68.9 Å². The van der Waals surface area contributed by atoms with Crippen molar-refractivity contribution >= 4 is 55.0 Å². The van der Waals surface area contributed by atoms with E-state index in [1.54, 1.807) is 36.1 Å². The second-order valence-electron chi connectivity index (χ2n) is 24.4. The summed E-state index contributed by atoms with van der Waals surface area (Å²) >= 11 is 0. The highest BCUT2D eigenvalue weighted by Crippen LogP contribution is 2.48. The summed E-state index contributed by atoms with van der Waals surface area (Å²) in [5, 5.41) is 45.3. The summed E-state index contributed by atoms with van der Waals surface area (Å²) in [6, 6.07) is 24.4. The van der Waals surface area contributed by atoms with Gasteiger partial charge in [-0.05, 0) is 155 Å². The van der Waals surface area contributed by atoms with E-state index in [4.69, 9.17) is 25.6 Å². The van der Waals surface area contributed by atoms with Gasteiger partial charge in [0.05, 0.1) is 45.1 Å². The second kappa shape index (κ2) is 24.3. The molecule has 6 fully saturated rings. The van der Waals surface area contributed by atoms with Crippen molar-refractivity contribution < 1.29 is 52.2 Å². The lowest BCUT2D eigenvalue weighted by Crippen LogP contribution is -2.50. The Labute approximate surface area is 497 Å². The number of nitrogens with zero attached hydrogens (tertiary/aromatic N) is 8. The van der Waals surface area contributed by atoms with Crippen molar-refractivity contribution in [3.8, 4) is 58.1 Å². The molecule has 2 aromatic heterocycles. The van der Waals surface area contributed by atoms with Gasteiger partial charge in [0.15, 0.2) is 11.6 Å². The molecule has 8 aromatic rings. The fourth-order valence-electron chi connectivity index (χ4n) is 14.3. The molecule has 0 spiro atoms. The number of aromatic nitrogens is 4. The van der Waals surface area contributed by atoms with E-state index in [1.165, 1.54) is 63.1 Å². The van der Waals surface area contributed by atoms with E-state index in [-0.39, 0.29) is 69.8 Å². The predicted octanol–water partition coefficient (Wildman–Crippen LogP) is 11.1. The van der Waals surface area contributed by atoms with Gasteiger partial charge < -0.3 is 49.3 Å². The van der Waals surface area contributed by atoms with E-state index in [2.05, 4.69) is 37.7 Å². The van der Waals surface area contributed by atoms with Crippen LogP contribution in [0.2, 0.25) is 0 Å². The molecule has 5 saturated heterocycles. The number of aliphatic hydroxyl groups excluding tert-OH is 1. The van der Waals surface area contributed by atoms with Crippen LogP contribution in [-0.2, 0) is 4.74 Å². The number of piperidine rings is 2. The van der Waals surface area contributed by atoms with E-state index >= 15 is 8.78 Å². The summed E-state index contributed by atoms with van der Waals surface area (Å²) in [4.78, 5) is 26.8. The van der Waals surface area contributed by atoms with Crippen LogP contribution in [0.15, 0.2) is 84.9 Å². The SMILES string of the molecule is C#Cc1c(F)ccc2cc(O)cc(-c3ccc4c(N5CCOCC(C)(O)C5)nc(OC)nc4c3F)c12.CN1CCCC2(COc3nc(N4CCCC(O)C4)c4ccc(-c5cc(O)cc6ccccc56)c(F)c4n3)CCCC12.FC1CC2CCCN2C1. The average molecular weight is 1180 g/mol. The highest BCUT2D eigenvalue weighted by Gasteiger charge is 2.47. The molecule has 1 aliphatic carbocycles. The summed E-state index contributed by atoms with van der Waals surface area (Å²) in [5.41, 5.74) is 0.311. The molecule has 0 radical (unpaired) electrons. The van der Waals surface area contributed by atoms with Crippen molar-refractivity contribution in [1.82, 2.24) is 29.7 Å². The van der Waals surface area contributed by atoms with Crippen LogP contribution in [0.5, 0.6) is 23.5 Å². The lowest BCUT2D eigenvalue weighted by atomic mass is 9.76. The first kappa shape index (κ1) is 58.8. The average Bonchev–Trinajstić information content (AvgIpc) is 1.59. The number of phenols is 2. The summed E-state index contributed by atoms with van der Waals surface area (Å²) in [5.74, 6) is 1.45. The Balaban J connectivity index is 0.000000147. The van der Waals surface area contributed by atoms with Crippen LogP contribution < -0.4 is 19.3 Å². The molecule has 450 valence electrons. The molecule has 14 rings (SSSR count). The molecule has 6 atom stereocenters. The zero-order chi connectivity index (χ0) is 60.0. The zero-order valence-corrected chi connectivity index (χ0v) is 48.7. The highest BCUT2D eigenvalue weighted by molar-refractivity contribution is 6.05. The highest BCUT2D eigenvalue weighted by atomic mass is 19.1. The van der Waals surface area contributed by atoms with Crippen LogP contribution in [0.1, 0.15) is 76.7 Å². The third-order valence-corrected chi connectivity index (χ3v) is 18.3. The number of halogens is 4. The predicted molar refractivity (Wildman–Crippen MR) is 325 cm³/mol. The van der Waals surface area contributed by atoms with Crippen LogP contribution in [0.3, 0.4) is 0 Å². The molecule has 15 nitrogen and oxygen atoms in total. The van der Waals surface area contributed by atoms with Gasteiger partial charge in [0.2, 0.25) is 0 Å². The lowest BCUT2D eigenvalue weighted by molar-refractivity contribution is -0.0123. The Morgan fingerprint density at radius 1 is 0.721 bits per heavy atom. The first-order valence-electron chi connectivity index (χ1n) is 29.9. The Hall–Kier alpha value is -7.60. The number of terminal acetylenes is 1. The molecule has 4 N–H and O–H groups in total. The van der Waals surface area contributed by atoms with Crippen LogP contribution in [0, 0.1) is 35.2 Å².